The van der Waals surface area contributed by atoms with Gasteiger partial charge in [0.2, 0.25) is 5.91 Å². The third-order valence-electron chi connectivity index (χ3n) is 2.36. The van der Waals surface area contributed by atoms with Crippen molar-refractivity contribution >= 4 is 5.91 Å². The van der Waals surface area contributed by atoms with Crippen molar-refractivity contribution in [1.29, 1.82) is 0 Å². The normalized spacial score (nSPS) is 18.2. The molecule has 1 amide bonds. The Bertz CT molecular complexity index is 335. The number of aromatic nitrogens is 1. The van der Waals surface area contributed by atoms with Gasteiger partial charge >= 0.3 is 0 Å². The third kappa shape index (κ3) is 1.93. The van der Waals surface area contributed by atoms with Crippen molar-refractivity contribution in [2.75, 3.05) is 19.6 Å². The lowest BCUT2D eigenvalue weighted by atomic mass is 10.2. The quantitative estimate of drug-likeness (QED) is 0.716. The maximum absolute atomic E-state index is 11.1. The molecule has 1 aliphatic heterocycles. The number of hydrogen-bond donors (Lipinski definition) is 1. The van der Waals surface area contributed by atoms with Crippen LogP contribution in [0.1, 0.15) is 11.3 Å². The van der Waals surface area contributed by atoms with E-state index in [-0.39, 0.29) is 5.91 Å². The van der Waals surface area contributed by atoms with Gasteiger partial charge < -0.3 is 9.84 Å². The van der Waals surface area contributed by atoms with Crippen molar-refractivity contribution in [1.82, 2.24) is 15.4 Å². The van der Waals surface area contributed by atoms with Crippen LogP contribution in [0.15, 0.2) is 10.7 Å². The zero-order chi connectivity index (χ0) is 9.97. The predicted molar refractivity (Wildman–Crippen MR) is 49.5 cm³/mol. The van der Waals surface area contributed by atoms with E-state index in [1.807, 2.05) is 6.92 Å². The molecule has 1 N–H and O–H groups in total. The van der Waals surface area contributed by atoms with Crippen LogP contribution in [0.25, 0.3) is 0 Å². The zero-order valence-corrected chi connectivity index (χ0v) is 8.12. The molecule has 0 aromatic carbocycles. The van der Waals surface area contributed by atoms with E-state index in [4.69, 9.17) is 4.52 Å². The van der Waals surface area contributed by atoms with Crippen LogP contribution >= 0.6 is 0 Å². The van der Waals surface area contributed by atoms with E-state index in [0.717, 1.165) is 31.0 Å². The largest absolute Gasteiger partial charge is 0.361 e. The van der Waals surface area contributed by atoms with Gasteiger partial charge in [0, 0.05) is 25.2 Å². The summed E-state index contributed by atoms with van der Waals surface area (Å²) < 4.78 is 4.96. The van der Waals surface area contributed by atoms with Crippen molar-refractivity contribution in [3.63, 3.8) is 0 Å². The lowest BCUT2D eigenvalue weighted by Crippen LogP contribution is -2.47. The van der Waals surface area contributed by atoms with Crippen molar-refractivity contribution in [3.05, 3.63) is 17.5 Å². The second kappa shape index (κ2) is 3.79. The van der Waals surface area contributed by atoms with E-state index in [2.05, 4.69) is 15.4 Å². The maximum atomic E-state index is 11.1. The minimum absolute atomic E-state index is 0.0883. The molecular weight excluding hydrogens is 182 g/mol. The van der Waals surface area contributed by atoms with Crippen LogP contribution in [0.5, 0.6) is 0 Å². The highest BCUT2D eigenvalue weighted by Crippen LogP contribution is 2.09. The Morgan fingerprint density at radius 1 is 1.71 bits per heavy atom. The Balaban J connectivity index is 1.97. The molecule has 76 valence electrons. The first-order valence-corrected chi connectivity index (χ1v) is 4.65. The molecule has 1 aromatic heterocycles. The number of piperazine rings is 1. The Hall–Kier alpha value is -1.36. The lowest BCUT2D eigenvalue weighted by Gasteiger charge is -2.25. The number of carbonyl (C=O) groups excluding carboxylic acids is 1. The SMILES string of the molecule is Cc1oncc1CN1CCNC(=O)C1. The molecule has 5 nitrogen and oxygen atoms in total. The molecule has 5 heteroatoms. The van der Waals surface area contributed by atoms with Gasteiger partial charge in [-0.3, -0.25) is 9.69 Å². The number of aryl methyl sites for hydroxylation is 1. The maximum Gasteiger partial charge on any atom is 0.234 e. The number of carbonyl (C=O) groups is 1. The summed E-state index contributed by atoms with van der Waals surface area (Å²) >= 11 is 0. The van der Waals surface area contributed by atoms with E-state index >= 15 is 0 Å². The minimum Gasteiger partial charge on any atom is -0.361 e. The fraction of sp³-hybridized carbons (Fsp3) is 0.556. The molecule has 1 aromatic rings. The predicted octanol–water partition coefficient (Wildman–Crippen LogP) is -0.0852. The van der Waals surface area contributed by atoms with Crippen LogP contribution in [-0.4, -0.2) is 35.6 Å². The molecule has 0 spiro atoms. The second-order valence-corrected chi connectivity index (χ2v) is 3.47. The molecule has 2 heterocycles. The highest BCUT2D eigenvalue weighted by Gasteiger charge is 2.17. The molecule has 0 aliphatic carbocycles. The number of hydrogen-bond acceptors (Lipinski definition) is 4. The summed E-state index contributed by atoms with van der Waals surface area (Å²) in [5.74, 6) is 0.918. The molecular formula is C9H13N3O2. The third-order valence-corrected chi connectivity index (χ3v) is 2.36. The molecule has 1 aliphatic rings. The highest BCUT2D eigenvalue weighted by molar-refractivity contribution is 5.78. The summed E-state index contributed by atoms with van der Waals surface area (Å²) in [4.78, 5) is 13.2. The lowest BCUT2D eigenvalue weighted by molar-refractivity contribution is -0.124. The van der Waals surface area contributed by atoms with E-state index in [1.165, 1.54) is 0 Å². The summed E-state index contributed by atoms with van der Waals surface area (Å²) in [7, 11) is 0. The summed E-state index contributed by atoms with van der Waals surface area (Å²) in [5, 5.41) is 6.49. The summed E-state index contributed by atoms with van der Waals surface area (Å²) in [6.45, 7) is 4.69. The molecule has 0 bridgehead atoms. The van der Waals surface area contributed by atoms with Crippen molar-refractivity contribution < 1.29 is 9.32 Å². The Kier molecular flexibility index (Phi) is 2.49. The molecule has 0 radical (unpaired) electrons. The van der Waals surface area contributed by atoms with Crippen molar-refractivity contribution in [3.8, 4) is 0 Å². The molecule has 14 heavy (non-hydrogen) atoms. The summed E-state index contributed by atoms with van der Waals surface area (Å²) in [5.41, 5.74) is 1.06. The van der Waals surface area contributed by atoms with Gasteiger partial charge in [-0.25, -0.2) is 0 Å². The highest BCUT2D eigenvalue weighted by atomic mass is 16.5. The number of nitrogens with zero attached hydrogens (tertiary/aromatic N) is 2. The first-order chi connectivity index (χ1) is 6.75. The van der Waals surface area contributed by atoms with E-state index in [1.54, 1.807) is 6.20 Å². The first-order valence-electron chi connectivity index (χ1n) is 4.65. The molecule has 1 fully saturated rings. The van der Waals surface area contributed by atoms with Gasteiger partial charge in [-0.1, -0.05) is 5.16 Å². The molecule has 0 saturated carbocycles. The monoisotopic (exact) mass is 195 g/mol. The first kappa shape index (κ1) is 9.21. The van der Waals surface area contributed by atoms with Crippen LogP contribution < -0.4 is 5.32 Å². The summed E-state index contributed by atoms with van der Waals surface area (Å²) in [6, 6.07) is 0. The topological polar surface area (TPSA) is 58.4 Å². The second-order valence-electron chi connectivity index (χ2n) is 3.47. The summed E-state index contributed by atoms with van der Waals surface area (Å²) in [6.07, 6.45) is 1.71. The standard InChI is InChI=1S/C9H13N3O2/c1-7-8(4-11-14-7)5-12-3-2-10-9(13)6-12/h4H,2-3,5-6H2,1H3,(H,10,13). The molecule has 2 rings (SSSR count). The van der Waals surface area contributed by atoms with Gasteiger partial charge in [0.05, 0.1) is 12.7 Å². The average Bonchev–Trinajstić information content (AvgIpc) is 2.52. The molecule has 1 saturated heterocycles. The number of nitrogens with one attached hydrogen (secondary N) is 1. The number of rotatable bonds is 2. The molecule has 0 unspecified atom stereocenters. The van der Waals surface area contributed by atoms with Crippen LogP contribution in [0.3, 0.4) is 0 Å². The minimum atomic E-state index is 0.0883. The van der Waals surface area contributed by atoms with Gasteiger partial charge in [-0.15, -0.1) is 0 Å². The van der Waals surface area contributed by atoms with Gasteiger partial charge in [0.15, 0.2) is 0 Å². The van der Waals surface area contributed by atoms with E-state index in [9.17, 15) is 4.79 Å². The van der Waals surface area contributed by atoms with Gasteiger partial charge in [0.1, 0.15) is 5.76 Å². The van der Waals surface area contributed by atoms with Crippen LogP contribution in [0.4, 0.5) is 0 Å². The fourth-order valence-corrected chi connectivity index (χ4v) is 1.54. The van der Waals surface area contributed by atoms with Gasteiger partial charge in [-0.05, 0) is 6.92 Å². The van der Waals surface area contributed by atoms with Gasteiger partial charge in [0.25, 0.3) is 0 Å². The Morgan fingerprint density at radius 3 is 3.21 bits per heavy atom. The van der Waals surface area contributed by atoms with Crippen LogP contribution in [-0.2, 0) is 11.3 Å². The van der Waals surface area contributed by atoms with E-state index in [0.29, 0.717) is 6.54 Å². The van der Waals surface area contributed by atoms with Gasteiger partial charge in [-0.2, -0.15) is 0 Å². The average molecular weight is 195 g/mol. The zero-order valence-electron chi connectivity index (χ0n) is 8.12. The number of amides is 1. The Labute approximate surface area is 82.1 Å². The van der Waals surface area contributed by atoms with Crippen LogP contribution in [0, 0.1) is 6.92 Å². The smallest absolute Gasteiger partial charge is 0.234 e. The van der Waals surface area contributed by atoms with Crippen molar-refractivity contribution in [2.24, 2.45) is 0 Å². The van der Waals surface area contributed by atoms with Crippen molar-refractivity contribution in [2.45, 2.75) is 13.5 Å². The fourth-order valence-electron chi connectivity index (χ4n) is 1.54. The van der Waals surface area contributed by atoms with Crippen LogP contribution in [0.2, 0.25) is 0 Å². The van der Waals surface area contributed by atoms with E-state index < -0.39 is 0 Å². The Morgan fingerprint density at radius 2 is 2.57 bits per heavy atom. The molecule has 0 atom stereocenters.